The fourth-order valence-electron chi connectivity index (χ4n) is 4.11. The number of hydrogen-bond acceptors (Lipinski definition) is 6. The monoisotopic (exact) mass is 430 g/mol. The van der Waals surface area contributed by atoms with Crippen molar-refractivity contribution < 1.29 is 13.2 Å². The second kappa shape index (κ2) is 9.43. The van der Waals surface area contributed by atoms with Crippen LogP contribution < -0.4 is 5.32 Å². The Morgan fingerprint density at radius 1 is 1.10 bits per heavy atom. The minimum absolute atomic E-state index is 0.0735. The van der Waals surface area contributed by atoms with E-state index in [1.54, 1.807) is 16.4 Å². The second-order valence-corrected chi connectivity index (χ2v) is 10.0. The first-order valence-corrected chi connectivity index (χ1v) is 12.0. The van der Waals surface area contributed by atoms with E-state index >= 15 is 0 Å². The summed E-state index contributed by atoms with van der Waals surface area (Å²) in [7, 11) is -1.48. The number of aromatic nitrogens is 1. The van der Waals surface area contributed by atoms with Crippen molar-refractivity contribution in [2.75, 3.05) is 51.7 Å². The van der Waals surface area contributed by atoms with Crippen molar-refractivity contribution >= 4 is 15.8 Å². The summed E-state index contributed by atoms with van der Waals surface area (Å²) in [5.41, 5.74) is 1.20. The molecule has 162 valence electrons. The Morgan fingerprint density at radius 3 is 2.57 bits per heavy atom. The molecular weight excluding hydrogens is 400 g/mol. The topological polar surface area (TPSA) is 74.8 Å². The van der Waals surface area contributed by atoms with E-state index in [0.717, 1.165) is 39.1 Å². The Hall–Kier alpha value is -2.00. The van der Waals surface area contributed by atoms with Gasteiger partial charge in [0.25, 0.3) is 0 Å². The molecule has 2 unspecified atom stereocenters. The van der Waals surface area contributed by atoms with Crippen molar-refractivity contribution in [3.8, 4) is 0 Å². The number of rotatable bonds is 6. The van der Waals surface area contributed by atoms with Gasteiger partial charge in [0.2, 0.25) is 10.0 Å². The van der Waals surface area contributed by atoms with Gasteiger partial charge in [-0.25, -0.2) is 13.4 Å². The number of pyridine rings is 1. The zero-order valence-corrected chi connectivity index (χ0v) is 18.2. The van der Waals surface area contributed by atoms with Gasteiger partial charge in [0.05, 0.1) is 6.10 Å². The summed E-state index contributed by atoms with van der Waals surface area (Å²) in [6, 6.07) is 13.7. The number of benzene rings is 1. The number of sulfonamides is 1. The van der Waals surface area contributed by atoms with Crippen molar-refractivity contribution in [3.05, 3.63) is 54.2 Å². The highest BCUT2D eigenvalue weighted by molar-refractivity contribution is 7.89. The van der Waals surface area contributed by atoms with E-state index < -0.39 is 10.0 Å². The van der Waals surface area contributed by atoms with E-state index in [0.29, 0.717) is 24.8 Å². The average molecular weight is 431 g/mol. The van der Waals surface area contributed by atoms with E-state index in [2.05, 4.69) is 27.3 Å². The number of hydrogen-bond donors (Lipinski definition) is 1. The molecule has 1 aromatic carbocycles. The molecule has 0 radical (unpaired) electrons. The van der Waals surface area contributed by atoms with Gasteiger partial charge in [-0.3, -0.25) is 0 Å². The van der Waals surface area contributed by atoms with Gasteiger partial charge in [-0.2, -0.15) is 4.31 Å². The Balaban J connectivity index is 1.38. The molecule has 1 aromatic heterocycles. The lowest BCUT2D eigenvalue weighted by atomic mass is 9.89. The summed E-state index contributed by atoms with van der Waals surface area (Å²) in [6.07, 6.45) is 3.67. The molecule has 7 nitrogen and oxygen atoms in total. The van der Waals surface area contributed by atoms with Crippen LogP contribution in [0.15, 0.2) is 53.6 Å². The summed E-state index contributed by atoms with van der Waals surface area (Å²) in [6.45, 7) is 4.05. The zero-order valence-electron chi connectivity index (χ0n) is 17.4. The molecule has 3 heterocycles. The van der Waals surface area contributed by atoms with E-state index in [4.69, 9.17) is 4.74 Å². The summed E-state index contributed by atoms with van der Waals surface area (Å²) in [4.78, 5) is 6.75. The third kappa shape index (κ3) is 4.83. The maximum absolute atomic E-state index is 12.8. The Morgan fingerprint density at radius 2 is 1.87 bits per heavy atom. The van der Waals surface area contributed by atoms with Crippen molar-refractivity contribution in [3.63, 3.8) is 0 Å². The second-order valence-electron chi connectivity index (χ2n) is 8.07. The number of nitrogens with zero attached hydrogens (tertiary/aromatic N) is 3. The van der Waals surface area contributed by atoms with Crippen molar-refractivity contribution in [1.29, 1.82) is 0 Å². The molecule has 2 aliphatic rings. The maximum atomic E-state index is 12.8. The van der Waals surface area contributed by atoms with Crippen molar-refractivity contribution in [2.45, 2.75) is 23.8 Å². The molecule has 30 heavy (non-hydrogen) atoms. The van der Waals surface area contributed by atoms with Crippen LogP contribution in [-0.2, 0) is 14.8 Å². The molecule has 2 aromatic rings. The van der Waals surface area contributed by atoms with E-state index in [-0.39, 0.29) is 11.0 Å². The van der Waals surface area contributed by atoms with Gasteiger partial charge in [0, 0.05) is 51.4 Å². The lowest BCUT2D eigenvalue weighted by molar-refractivity contribution is -0.0238. The first-order chi connectivity index (χ1) is 14.5. The highest BCUT2D eigenvalue weighted by Crippen LogP contribution is 2.33. The number of piperazine rings is 1. The van der Waals surface area contributed by atoms with Gasteiger partial charge in [0.15, 0.2) is 0 Å². The van der Waals surface area contributed by atoms with E-state index in [1.165, 1.54) is 11.8 Å². The molecule has 8 heteroatoms. The lowest BCUT2D eigenvalue weighted by Gasteiger charge is -2.32. The van der Waals surface area contributed by atoms with Gasteiger partial charge < -0.3 is 15.0 Å². The summed E-state index contributed by atoms with van der Waals surface area (Å²) in [5.74, 6) is 1.03. The van der Waals surface area contributed by atoms with E-state index in [1.807, 2.05) is 25.2 Å². The predicted octanol–water partition coefficient (Wildman–Crippen LogP) is 2.60. The van der Waals surface area contributed by atoms with Crippen LogP contribution in [0.25, 0.3) is 0 Å². The number of nitrogens with one attached hydrogen (secondary N) is 1. The zero-order chi connectivity index (χ0) is 21.0. The van der Waals surface area contributed by atoms with Gasteiger partial charge in [-0.15, -0.1) is 0 Å². The Labute approximate surface area is 179 Å². The minimum Gasteiger partial charge on any atom is -0.373 e. The highest BCUT2D eigenvalue weighted by Gasteiger charge is 2.29. The highest BCUT2D eigenvalue weighted by atomic mass is 32.2. The largest absolute Gasteiger partial charge is 0.373 e. The maximum Gasteiger partial charge on any atom is 0.244 e. The van der Waals surface area contributed by atoms with Gasteiger partial charge >= 0.3 is 0 Å². The van der Waals surface area contributed by atoms with Gasteiger partial charge in [0.1, 0.15) is 10.7 Å². The first-order valence-electron chi connectivity index (χ1n) is 10.6. The molecule has 4 rings (SSSR count). The van der Waals surface area contributed by atoms with Crippen LogP contribution in [0.5, 0.6) is 0 Å². The van der Waals surface area contributed by atoms with Crippen LogP contribution in [0.1, 0.15) is 24.5 Å². The minimum atomic E-state index is -3.49. The van der Waals surface area contributed by atoms with Crippen LogP contribution in [0.3, 0.4) is 0 Å². The summed E-state index contributed by atoms with van der Waals surface area (Å²) < 4.78 is 33.3. The van der Waals surface area contributed by atoms with Crippen LogP contribution in [0, 0.1) is 5.92 Å². The third-order valence-electron chi connectivity index (χ3n) is 5.95. The molecule has 1 N–H and O–H groups in total. The van der Waals surface area contributed by atoms with Crippen LogP contribution in [0.4, 0.5) is 5.82 Å². The first kappa shape index (κ1) is 21.2. The van der Waals surface area contributed by atoms with Crippen molar-refractivity contribution in [2.24, 2.45) is 5.92 Å². The summed E-state index contributed by atoms with van der Waals surface area (Å²) in [5, 5.41) is 3.37. The standard InChI is InChI=1S/C22H30N4O3S/c1-25-11-13-26(14-12-25)30(27,28)20-9-10-21(24-17-20)23-16-19-8-5-15-29-22(19)18-6-3-2-4-7-18/h2-4,6-7,9-10,17,19,22H,5,8,11-16H2,1H3,(H,23,24). The summed E-state index contributed by atoms with van der Waals surface area (Å²) >= 11 is 0. The smallest absolute Gasteiger partial charge is 0.244 e. The fraction of sp³-hybridized carbons (Fsp3) is 0.500. The number of likely N-dealkylation sites (N-methyl/N-ethyl adjacent to an activating group) is 1. The Bertz CT molecular complexity index is 913. The third-order valence-corrected chi connectivity index (χ3v) is 7.84. The van der Waals surface area contributed by atoms with Crippen LogP contribution in [0.2, 0.25) is 0 Å². The fourth-order valence-corrected chi connectivity index (χ4v) is 5.48. The normalized spacial score (nSPS) is 23.9. The molecule has 0 spiro atoms. The molecule has 0 aliphatic carbocycles. The molecule has 0 amide bonds. The molecule has 2 atom stereocenters. The molecule has 0 saturated carbocycles. The Kier molecular flexibility index (Phi) is 6.67. The lowest BCUT2D eigenvalue weighted by Crippen LogP contribution is -2.47. The molecule has 2 fully saturated rings. The van der Waals surface area contributed by atoms with Crippen LogP contribution in [-0.4, -0.2) is 69.0 Å². The van der Waals surface area contributed by atoms with Crippen molar-refractivity contribution in [1.82, 2.24) is 14.2 Å². The quantitative estimate of drug-likeness (QED) is 0.759. The number of anilines is 1. The number of ether oxygens (including phenoxy) is 1. The SMILES string of the molecule is CN1CCN(S(=O)(=O)c2ccc(NCC3CCCOC3c3ccccc3)nc2)CC1. The molecule has 0 bridgehead atoms. The van der Waals surface area contributed by atoms with Gasteiger partial charge in [-0.1, -0.05) is 30.3 Å². The van der Waals surface area contributed by atoms with E-state index in [9.17, 15) is 8.42 Å². The molecule has 2 aliphatic heterocycles. The molecular formula is C22H30N4O3S. The molecule has 2 saturated heterocycles. The van der Waals surface area contributed by atoms with Crippen LogP contribution >= 0.6 is 0 Å². The van der Waals surface area contributed by atoms with Gasteiger partial charge in [-0.05, 0) is 37.6 Å². The average Bonchev–Trinajstić information content (AvgIpc) is 2.79. The predicted molar refractivity (Wildman–Crippen MR) is 117 cm³/mol.